The largest absolute Gasteiger partial charge is 0.446 e. The van der Waals surface area contributed by atoms with Crippen molar-refractivity contribution in [3.05, 3.63) is 0 Å². The number of hydrogen-bond acceptors (Lipinski definition) is 3. The minimum absolute atomic E-state index is 0.129. The highest BCUT2D eigenvalue weighted by Crippen LogP contribution is 2.11. The van der Waals surface area contributed by atoms with Gasteiger partial charge in [0.1, 0.15) is 11.9 Å². The number of carbonyl (C=O) groups is 2. The summed E-state index contributed by atoms with van der Waals surface area (Å²) in [6.45, 7) is 6.28. The molecule has 1 unspecified atom stereocenters. The van der Waals surface area contributed by atoms with Crippen LogP contribution in [-0.2, 0) is 9.53 Å². The summed E-state index contributed by atoms with van der Waals surface area (Å²) >= 11 is 0. The molecule has 0 radical (unpaired) electrons. The Labute approximate surface area is 104 Å². The van der Waals surface area contributed by atoms with Gasteiger partial charge in [-0.25, -0.2) is 4.79 Å². The van der Waals surface area contributed by atoms with Crippen LogP contribution in [0.3, 0.4) is 0 Å². The molecule has 0 saturated heterocycles. The number of carbonyl (C=O) groups excluding carboxylic acids is 2. The Morgan fingerprint density at radius 2 is 1.88 bits per heavy atom. The summed E-state index contributed by atoms with van der Waals surface area (Å²) in [6, 6.07) is 0. The molecular formula is C13H25NO3. The van der Waals surface area contributed by atoms with E-state index < -0.39 is 0 Å². The van der Waals surface area contributed by atoms with Crippen LogP contribution in [0.4, 0.5) is 4.79 Å². The molecule has 17 heavy (non-hydrogen) atoms. The maximum atomic E-state index is 11.4. The van der Waals surface area contributed by atoms with Gasteiger partial charge in [0.15, 0.2) is 0 Å². The lowest BCUT2D eigenvalue weighted by Crippen LogP contribution is -2.29. The quantitative estimate of drug-likeness (QED) is 0.677. The van der Waals surface area contributed by atoms with Crippen molar-refractivity contribution >= 4 is 11.9 Å². The SMILES string of the molecule is CCCCC(CCC(C)=O)OC(=O)NCCC. The molecule has 0 rings (SSSR count). The molecule has 0 bridgehead atoms. The van der Waals surface area contributed by atoms with E-state index in [2.05, 4.69) is 12.2 Å². The van der Waals surface area contributed by atoms with E-state index in [4.69, 9.17) is 4.74 Å². The molecule has 0 fully saturated rings. The fourth-order valence-corrected chi connectivity index (χ4v) is 1.48. The van der Waals surface area contributed by atoms with E-state index in [9.17, 15) is 9.59 Å². The summed E-state index contributed by atoms with van der Waals surface area (Å²) in [7, 11) is 0. The van der Waals surface area contributed by atoms with Crippen LogP contribution in [0.25, 0.3) is 0 Å². The molecule has 1 atom stereocenters. The van der Waals surface area contributed by atoms with E-state index in [0.29, 0.717) is 19.4 Å². The summed E-state index contributed by atoms with van der Waals surface area (Å²) in [5, 5.41) is 2.68. The Morgan fingerprint density at radius 3 is 2.41 bits per heavy atom. The minimum Gasteiger partial charge on any atom is -0.446 e. The molecule has 0 saturated carbocycles. The van der Waals surface area contributed by atoms with Gasteiger partial charge in [0.05, 0.1) is 0 Å². The van der Waals surface area contributed by atoms with Gasteiger partial charge in [-0.05, 0) is 26.2 Å². The Kier molecular flexibility index (Phi) is 9.49. The molecule has 0 aliphatic rings. The summed E-state index contributed by atoms with van der Waals surface area (Å²) in [5.74, 6) is 0.143. The summed E-state index contributed by atoms with van der Waals surface area (Å²) < 4.78 is 5.30. The molecule has 0 heterocycles. The number of rotatable bonds is 9. The zero-order valence-electron chi connectivity index (χ0n) is 11.3. The first-order chi connectivity index (χ1) is 8.10. The van der Waals surface area contributed by atoms with Gasteiger partial charge >= 0.3 is 6.09 Å². The highest BCUT2D eigenvalue weighted by atomic mass is 16.6. The number of amides is 1. The van der Waals surface area contributed by atoms with Crippen LogP contribution in [0.2, 0.25) is 0 Å². The van der Waals surface area contributed by atoms with Crippen molar-refractivity contribution in [2.45, 2.75) is 65.4 Å². The number of unbranched alkanes of at least 4 members (excludes halogenated alkanes) is 1. The second-order valence-electron chi connectivity index (χ2n) is 4.34. The standard InChI is InChI=1S/C13H25NO3/c1-4-6-7-12(9-8-11(3)15)17-13(16)14-10-5-2/h12H,4-10H2,1-3H3,(H,14,16). The highest BCUT2D eigenvalue weighted by molar-refractivity contribution is 5.75. The van der Waals surface area contributed by atoms with Crippen molar-refractivity contribution in [1.29, 1.82) is 0 Å². The molecule has 0 aromatic heterocycles. The van der Waals surface area contributed by atoms with Crippen LogP contribution >= 0.6 is 0 Å². The molecule has 1 amide bonds. The van der Waals surface area contributed by atoms with Crippen molar-refractivity contribution in [3.63, 3.8) is 0 Å². The normalized spacial score (nSPS) is 11.9. The second kappa shape index (κ2) is 10.1. The lowest BCUT2D eigenvalue weighted by atomic mass is 10.1. The van der Waals surface area contributed by atoms with Gasteiger partial charge in [-0.3, -0.25) is 0 Å². The third kappa shape index (κ3) is 9.85. The Morgan fingerprint density at radius 1 is 1.18 bits per heavy atom. The van der Waals surface area contributed by atoms with Crippen LogP contribution in [0, 0.1) is 0 Å². The number of ketones is 1. The van der Waals surface area contributed by atoms with Gasteiger partial charge in [-0.15, -0.1) is 0 Å². The summed E-state index contributed by atoms with van der Waals surface area (Å²) in [4.78, 5) is 22.3. The monoisotopic (exact) mass is 243 g/mol. The smallest absolute Gasteiger partial charge is 0.407 e. The van der Waals surface area contributed by atoms with Gasteiger partial charge in [-0.1, -0.05) is 26.7 Å². The molecule has 0 aliphatic heterocycles. The van der Waals surface area contributed by atoms with Gasteiger partial charge in [0.25, 0.3) is 0 Å². The average Bonchev–Trinajstić information content (AvgIpc) is 2.29. The predicted octanol–water partition coefficient (Wildman–Crippen LogP) is 3.05. The summed E-state index contributed by atoms with van der Waals surface area (Å²) in [6.07, 6.45) is 4.43. The zero-order valence-corrected chi connectivity index (χ0v) is 11.3. The van der Waals surface area contributed by atoms with Crippen LogP contribution in [0.1, 0.15) is 59.3 Å². The topological polar surface area (TPSA) is 55.4 Å². The van der Waals surface area contributed by atoms with Crippen molar-refractivity contribution in [1.82, 2.24) is 5.32 Å². The van der Waals surface area contributed by atoms with Crippen LogP contribution < -0.4 is 5.32 Å². The molecule has 0 aromatic rings. The minimum atomic E-state index is -0.364. The second-order valence-corrected chi connectivity index (χ2v) is 4.34. The maximum absolute atomic E-state index is 11.4. The Bertz CT molecular complexity index is 229. The van der Waals surface area contributed by atoms with E-state index in [1.165, 1.54) is 0 Å². The van der Waals surface area contributed by atoms with Crippen LogP contribution in [0.5, 0.6) is 0 Å². The van der Waals surface area contributed by atoms with Gasteiger partial charge in [-0.2, -0.15) is 0 Å². The third-order valence-corrected chi connectivity index (χ3v) is 2.49. The first-order valence-electron chi connectivity index (χ1n) is 6.54. The Hall–Kier alpha value is -1.06. The number of hydrogen-bond donors (Lipinski definition) is 1. The Balaban J connectivity index is 3.98. The van der Waals surface area contributed by atoms with Crippen LogP contribution in [-0.4, -0.2) is 24.5 Å². The lowest BCUT2D eigenvalue weighted by molar-refractivity contribution is -0.117. The first-order valence-corrected chi connectivity index (χ1v) is 6.54. The predicted molar refractivity (Wildman–Crippen MR) is 68.0 cm³/mol. The van der Waals surface area contributed by atoms with E-state index in [-0.39, 0.29) is 18.0 Å². The van der Waals surface area contributed by atoms with E-state index in [1.807, 2.05) is 6.92 Å². The summed E-state index contributed by atoms with van der Waals surface area (Å²) in [5.41, 5.74) is 0. The first kappa shape index (κ1) is 15.9. The van der Waals surface area contributed by atoms with Crippen molar-refractivity contribution in [2.75, 3.05) is 6.54 Å². The van der Waals surface area contributed by atoms with Crippen molar-refractivity contribution in [3.8, 4) is 0 Å². The van der Waals surface area contributed by atoms with Crippen LogP contribution in [0.15, 0.2) is 0 Å². The fraction of sp³-hybridized carbons (Fsp3) is 0.846. The molecule has 0 aromatic carbocycles. The van der Waals surface area contributed by atoms with Gasteiger partial charge < -0.3 is 14.8 Å². The van der Waals surface area contributed by atoms with E-state index in [0.717, 1.165) is 25.7 Å². The highest BCUT2D eigenvalue weighted by Gasteiger charge is 2.14. The zero-order chi connectivity index (χ0) is 13.1. The number of nitrogens with one attached hydrogen (secondary N) is 1. The molecule has 4 heteroatoms. The number of alkyl carbamates (subject to hydrolysis) is 1. The molecular weight excluding hydrogens is 218 g/mol. The molecule has 1 N–H and O–H groups in total. The molecule has 4 nitrogen and oxygen atoms in total. The van der Waals surface area contributed by atoms with Crippen molar-refractivity contribution < 1.29 is 14.3 Å². The maximum Gasteiger partial charge on any atom is 0.407 e. The number of Topliss-reactive ketones (excluding diaryl/α,β-unsaturated/α-hetero) is 1. The van der Waals surface area contributed by atoms with E-state index >= 15 is 0 Å². The molecule has 100 valence electrons. The molecule has 0 spiro atoms. The molecule has 0 aliphatic carbocycles. The van der Waals surface area contributed by atoms with Gasteiger partial charge in [0, 0.05) is 13.0 Å². The third-order valence-electron chi connectivity index (χ3n) is 2.49. The van der Waals surface area contributed by atoms with Crippen molar-refractivity contribution in [2.24, 2.45) is 0 Å². The number of ether oxygens (including phenoxy) is 1. The van der Waals surface area contributed by atoms with Gasteiger partial charge in [0.2, 0.25) is 0 Å². The fourth-order valence-electron chi connectivity index (χ4n) is 1.48. The average molecular weight is 243 g/mol. The lowest BCUT2D eigenvalue weighted by Gasteiger charge is -2.17. The van der Waals surface area contributed by atoms with E-state index in [1.54, 1.807) is 6.92 Å².